The van der Waals surface area contributed by atoms with E-state index in [9.17, 15) is 4.79 Å². The monoisotopic (exact) mass is 291 g/mol. The quantitative estimate of drug-likeness (QED) is 0.782. The van der Waals surface area contributed by atoms with Crippen molar-refractivity contribution in [2.45, 2.75) is 18.2 Å². The Balaban J connectivity index is 1.94. The van der Waals surface area contributed by atoms with Crippen molar-refractivity contribution in [1.82, 2.24) is 4.90 Å². The van der Waals surface area contributed by atoms with Gasteiger partial charge < -0.3 is 4.90 Å². The van der Waals surface area contributed by atoms with Crippen LogP contribution in [-0.4, -0.2) is 29.3 Å². The Kier molecular flexibility index (Phi) is 4.18. The van der Waals surface area contributed by atoms with Gasteiger partial charge in [0.05, 0.1) is 15.4 Å². The summed E-state index contributed by atoms with van der Waals surface area (Å²) in [6.07, 6.45) is 1.22. The van der Waals surface area contributed by atoms with E-state index in [0.29, 0.717) is 29.6 Å². The lowest BCUT2D eigenvalue weighted by molar-refractivity contribution is -0.127. The van der Waals surface area contributed by atoms with Crippen LogP contribution in [0.1, 0.15) is 12.0 Å². The molecular weight excluding hydrogens is 280 g/mol. The van der Waals surface area contributed by atoms with Crippen LogP contribution < -0.4 is 0 Å². The predicted molar refractivity (Wildman–Crippen MR) is 71.0 cm³/mol. The van der Waals surface area contributed by atoms with E-state index < -0.39 is 0 Å². The molecule has 5 heteroatoms. The maximum atomic E-state index is 11.5. The Hall–Kier alpha value is -0.440. The van der Waals surface area contributed by atoms with Crippen LogP contribution in [0, 0.1) is 0 Å². The van der Waals surface area contributed by atoms with E-state index >= 15 is 0 Å². The van der Waals surface area contributed by atoms with Gasteiger partial charge in [-0.3, -0.25) is 4.79 Å². The maximum absolute atomic E-state index is 11.5. The molecule has 1 unspecified atom stereocenters. The largest absolute Gasteiger partial charge is 0.341 e. The minimum absolute atomic E-state index is 0.0451. The van der Waals surface area contributed by atoms with Gasteiger partial charge in [0, 0.05) is 19.5 Å². The number of alkyl halides is 1. The molecule has 1 aliphatic heterocycles. The molecule has 1 heterocycles. The summed E-state index contributed by atoms with van der Waals surface area (Å²) in [6.45, 7) is 1.32. The van der Waals surface area contributed by atoms with Crippen LogP contribution in [0.3, 0.4) is 0 Å². The summed E-state index contributed by atoms with van der Waals surface area (Å²) in [5.41, 5.74) is 1.07. The van der Waals surface area contributed by atoms with Gasteiger partial charge in [-0.1, -0.05) is 29.3 Å². The average Bonchev–Trinajstić information content (AvgIpc) is 2.59. The first-order valence-electron chi connectivity index (χ1n) is 5.42. The molecule has 1 atom stereocenters. The van der Waals surface area contributed by atoms with Gasteiger partial charge in [0.15, 0.2) is 0 Å². The van der Waals surface area contributed by atoms with Crippen LogP contribution >= 0.6 is 34.8 Å². The first-order chi connectivity index (χ1) is 8.06. The van der Waals surface area contributed by atoms with Gasteiger partial charge in [-0.25, -0.2) is 0 Å². The molecule has 2 nitrogen and oxygen atoms in total. The molecule has 1 aromatic rings. The lowest BCUT2D eigenvalue weighted by Crippen LogP contribution is -2.27. The van der Waals surface area contributed by atoms with Crippen LogP contribution in [0.2, 0.25) is 10.0 Å². The van der Waals surface area contributed by atoms with Gasteiger partial charge >= 0.3 is 0 Å². The summed E-state index contributed by atoms with van der Waals surface area (Å²) in [4.78, 5) is 13.3. The third-order valence-electron chi connectivity index (χ3n) is 2.82. The van der Waals surface area contributed by atoms with Crippen molar-refractivity contribution in [3.8, 4) is 0 Å². The van der Waals surface area contributed by atoms with Gasteiger partial charge in [-0.05, 0) is 24.1 Å². The minimum Gasteiger partial charge on any atom is -0.341 e. The Morgan fingerprint density at radius 3 is 2.65 bits per heavy atom. The highest BCUT2D eigenvalue weighted by Gasteiger charge is 2.27. The zero-order valence-electron chi connectivity index (χ0n) is 9.13. The van der Waals surface area contributed by atoms with E-state index in [2.05, 4.69) is 0 Å². The standard InChI is InChI=1S/C12H12Cl3NO/c13-9-6-12(17)16(7-9)4-3-8-1-2-10(14)11(15)5-8/h1-2,5,9H,3-4,6-7H2. The van der Waals surface area contributed by atoms with Crippen molar-refractivity contribution in [1.29, 1.82) is 0 Å². The third kappa shape index (κ3) is 3.27. The second-order valence-corrected chi connectivity index (χ2v) is 5.57. The Morgan fingerprint density at radius 2 is 2.06 bits per heavy atom. The normalized spacial score (nSPS) is 20.1. The molecule has 0 spiro atoms. The third-order valence-corrected chi connectivity index (χ3v) is 3.85. The molecule has 0 bridgehead atoms. The number of likely N-dealkylation sites (tertiary alicyclic amines) is 1. The number of nitrogens with zero attached hydrogens (tertiary/aromatic N) is 1. The molecule has 0 saturated carbocycles. The highest BCUT2D eigenvalue weighted by molar-refractivity contribution is 6.42. The van der Waals surface area contributed by atoms with E-state index in [0.717, 1.165) is 12.0 Å². The summed E-state index contributed by atoms with van der Waals surface area (Å²) in [5.74, 6) is 0.130. The number of carbonyl (C=O) groups is 1. The first kappa shape index (κ1) is 13.0. The molecule has 1 aliphatic rings. The van der Waals surface area contributed by atoms with Crippen molar-refractivity contribution in [2.75, 3.05) is 13.1 Å². The summed E-state index contributed by atoms with van der Waals surface area (Å²) in [5, 5.41) is 1.05. The van der Waals surface area contributed by atoms with E-state index in [-0.39, 0.29) is 11.3 Å². The molecule has 0 N–H and O–H groups in total. The number of benzene rings is 1. The molecular formula is C12H12Cl3NO. The molecule has 0 aliphatic carbocycles. The van der Waals surface area contributed by atoms with Crippen LogP contribution in [-0.2, 0) is 11.2 Å². The fraction of sp³-hybridized carbons (Fsp3) is 0.417. The molecule has 1 saturated heterocycles. The van der Waals surface area contributed by atoms with Crippen molar-refractivity contribution in [3.05, 3.63) is 33.8 Å². The molecule has 1 fully saturated rings. The van der Waals surface area contributed by atoms with Gasteiger partial charge in [0.1, 0.15) is 0 Å². The highest BCUT2D eigenvalue weighted by atomic mass is 35.5. The number of hydrogen-bond acceptors (Lipinski definition) is 1. The predicted octanol–water partition coefficient (Wildman–Crippen LogP) is 3.38. The topological polar surface area (TPSA) is 20.3 Å². The van der Waals surface area contributed by atoms with Gasteiger partial charge in [-0.15, -0.1) is 11.6 Å². The second kappa shape index (κ2) is 5.47. The summed E-state index contributed by atoms with van der Waals surface area (Å²) < 4.78 is 0. The Morgan fingerprint density at radius 1 is 1.29 bits per heavy atom. The number of halogens is 3. The second-order valence-electron chi connectivity index (χ2n) is 4.14. The molecule has 1 amide bonds. The minimum atomic E-state index is -0.0451. The highest BCUT2D eigenvalue weighted by Crippen LogP contribution is 2.23. The summed E-state index contributed by atoms with van der Waals surface area (Å²) >= 11 is 17.7. The van der Waals surface area contributed by atoms with Gasteiger partial charge in [0.2, 0.25) is 5.91 Å². The van der Waals surface area contributed by atoms with Crippen molar-refractivity contribution in [3.63, 3.8) is 0 Å². The number of hydrogen-bond donors (Lipinski definition) is 0. The lowest BCUT2D eigenvalue weighted by Gasteiger charge is -2.15. The lowest BCUT2D eigenvalue weighted by atomic mass is 10.1. The van der Waals surface area contributed by atoms with Crippen molar-refractivity contribution in [2.24, 2.45) is 0 Å². The maximum Gasteiger partial charge on any atom is 0.224 e. The SMILES string of the molecule is O=C1CC(Cl)CN1CCc1ccc(Cl)c(Cl)c1. The van der Waals surface area contributed by atoms with Crippen molar-refractivity contribution >= 4 is 40.7 Å². The fourth-order valence-electron chi connectivity index (χ4n) is 1.90. The van der Waals surface area contributed by atoms with Crippen LogP contribution in [0.15, 0.2) is 18.2 Å². The number of amides is 1. The van der Waals surface area contributed by atoms with Crippen LogP contribution in [0.5, 0.6) is 0 Å². The summed E-state index contributed by atoms with van der Waals surface area (Å²) in [6, 6.07) is 5.53. The van der Waals surface area contributed by atoms with E-state index in [4.69, 9.17) is 34.8 Å². The molecule has 0 aromatic heterocycles. The van der Waals surface area contributed by atoms with Crippen LogP contribution in [0.25, 0.3) is 0 Å². The number of carbonyl (C=O) groups excluding carboxylic acids is 1. The Bertz CT molecular complexity index is 436. The molecule has 1 aromatic carbocycles. The molecule has 92 valence electrons. The fourth-order valence-corrected chi connectivity index (χ4v) is 2.52. The Labute approximate surface area is 115 Å². The molecule has 2 rings (SSSR count). The van der Waals surface area contributed by atoms with E-state index in [1.807, 2.05) is 12.1 Å². The first-order valence-corrected chi connectivity index (χ1v) is 6.61. The van der Waals surface area contributed by atoms with Crippen molar-refractivity contribution < 1.29 is 4.79 Å². The van der Waals surface area contributed by atoms with E-state index in [1.165, 1.54) is 0 Å². The smallest absolute Gasteiger partial charge is 0.224 e. The molecule has 0 radical (unpaired) electrons. The van der Waals surface area contributed by atoms with Gasteiger partial charge in [-0.2, -0.15) is 0 Å². The zero-order valence-corrected chi connectivity index (χ0v) is 11.4. The summed E-state index contributed by atoms with van der Waals surface area (Å²) in [7, 11) is 0. The van der Waals surface area contributed by atoms with E-state index in [1.54, 1.807) is 11.0 Å². The zero-order chi connectivity index (χ0) is 12.4. The van der Waals surface area contributed by atoms with Gasteiger partial charge in [0.25, 0.3) is 0 Å². The number of rotatable bonds is 3. The average molecular weight is 293 g/mol. The van der Waals surface area contributed by atoms with Crippen LogP contribution in [0.4, 0.5) is 0 Å². The molecule has 17 heavy (non-hydrogen) atoms.